The number of nitrogens with zero attached hydrogens (tertiary/aromatic N) is 5. The number of benzene rings is 4. The lowest BCUT2D eigenvalue weighted by Gasteiger charge is -2.40. The fraction of sp³-hybridized carbons (Fsp3) is 0.326. The van der Waals surface area contributed by atoms with Gasteiger partial charge in [0.1, 0.15) is 5.75 Å². The van der Waals surface area contributed by atoms with Gasteiger partial charge in [-0.3, -0.25) is 19.3 Å². The molecule has 0 bridgehead atoms. The van der Waals surface area contributed by atoms with Gasteiger partial charge >= 0.3 is 0 Å². The second-order valence-corrected chi connectivity index (χ2v) is 15.5. The molecule has 4 aromatic carbocycles. The van der Waals surface area contributed by atoms with Crippen molar-refractivity contribution < 1.29 is 24.2 Å². The van der Waals surface area contributed by atoms with Gasteiger partial charge < -0.3 is 29.1 Å². The minimum Gasteiger partial charge on any atom is -0.508 e. The predicted molar refractivity (Wildman–Crippen MR) is 222 cm³/mol. The molecule has 4 aliphatic heterocycles. The monoisotopic (exact) mass is 785 g/mol. The minimum absolute atomic E-state index is 0. The Morgan fingerprint density at radius 3 is 2.21 bits per heavy atom. The third-order valence-electron chi connectivity index (χ3n) is 12.1. The fourth-order valence-corrected chi connectivity index (χ4v) is 9.03. The normalized spacial score (nSPS) is 17.6. The maximum atomic E-state index is 15.4. The largest absolute Gasteiger partial charge is 0.508 e. The predicted octanol–water partition coefficient (Wildman–Crippen LogP) is 6.95. The van der Waals surface area contributed by atoms with Crippen LogP contribution in [0.2, 0.25) is 0 Å². The smallest absolute Gasteiger partial charge is 0.259 e. The molecule has 1 fully saturated rings. The second-order valence-electron chi connectivity index (χ2n) is 15.5. The summed E-state index contributed by atoms with van der Waals surface area (Å²) in [5.41, 5.74) is 9.56. The number of phenolic OH excluding ortho intramolecular Hbond substituents is 1. The number of carbonyl (C=O) groups excluding carboxylic acids is 3. The van der Waals surface area contributed by atoms with E-state index in [0.29, 0.717) is 55.2 Å². The summed E-state index contributed by atoms with van der Waals surface area (Å²) in [7, 11) is 1.76. The number of aromatic hydroxyl groups is 1. The number of phenols is 1. The van der Waals surface area contributed by atoms with Gasteiger partial charge in [-0.15, -0.1) is 12.4 Å². The molecule has 11 heteroatoms. The molecular weight excluding hydrogens is 738 g/mol. The average Bonchev–Trinajstić information content (AvgIpc) is 3.84. The number of fused-ring (bicyclic) bond motifs is 3. The van der Waals surface area contributed by atoms with Crippen molar-refractivity contribution in [3.8, 4) is 17.0 Å². The quantitative estimate of drug-likeness (QED) is 0.192. The molecule has 0 radical (unpaired) electrons. The summed E-state index contributed by atoms with van der Waals surface area (Å²) in [4.78, 5) is 51.4. The van der Waals surface area contributed by atoms with E-state index in [9.17, 15) is 14.7 Å². The van der Waals surface area contributed by atoms with Crippen LogP contribution in [0.25, 0.3) is 11.3 Å². The molecule has 5 heterocycles. The highest BCUT2D eigenvalue weighted by Crippen LogP contribution is 2.39. The zero-order valence-electron chi connectivity index (χ0n) is 32.2. The molecule has 0 unspecified atom stereocenters. The molecule has 9 rings (SSSR count). The molecular formula is C46H48ClN5O5. The van der Waals surface area contributed by atoms with E-state index in [0.717, 1.165) is 85.5 Å². The van der Waals surface area contributed by atoms with Crippen molar-refractivity contribution >= 4 is 35.8 Å². The summed E-state index contributed by atoms with van der Waals surface area (Å²) in [5.74, 6) is -0.0803. The Morgan fingerprint density at radius 1 is 0.754 bits per heavy atom. The number of anilines is 1. The molecule has 1 atom stereocenters. The molecule has 0 aliphatic carbocycles. The zero-order valence-corrected chi connectivity index (χ0v) is 33.0. The number of hydrogen-bond donors (Lipinski definition) is 1. The van der Waals surface area contributed by atoms with Crippen LogP contribution in [0, 0.1) is 0 Å². The van der Waals surface area contributed by atoms with Gasteiger partial charge in [0.25, 0.3) is 17.7 Å². The number of amides is 3. The summed E-state index contributed by atoms with van der Waals surface area (Å²) >= 11 is 0. The van der Waals surface area contributed by atoms with Crippen LogP contribution in [-0.4, -0.2) is 88.0 Å². The van der Waals surface area contributed by atoms with E-state index in [-0.39, 0.29) is 41.9 Å². The zero-order chi connectivity index (χ0) is 38.3. The van der Waals surface area contributed by atoms with E-state index < -0.39 is 0 Å². The number of ether oxygens (including phenoxy) is 1. The molecule has 57 heavy (non-hydrogen) atoms. The van der Waals surface area contributed by atoms with Crippen molar-refractivity contribution in [1.29, 1.82) is 0 Å². The Kier molecular flexibility index (Phi) is 10.9. The number of carbonyl (C=O) groups is 3. The number of rotatable bonds is 7. The van der Waals surface area contributed by atoms with Gasteiger partial charge in [-0.2, -0.15) is 0 Å². The average molecular weight is 786 g/mol. The van der Waals surface area contributed by atoms with E-state index in [1.54, 1.807) is 36.2 Å². The SMILES string of the molecule is CN(C(=O)c1cc(-c2cc3c(cc2C(=O)N2Cc4ccccc4C[C@H]2CN2CCOCC2)CN(C(=O)c2ccccc2)C3)n2c1CCCC2)c1ccc(O)cc1.Cl. The third kappa shape index (κ3) is 7.45. The van der Waals surface area contributed by atoms with Gasteiger partial charge in [0, 0.05) is 92.7 Å². The van der Waals surface area contributed by atoms with E-state index in [1.807, 2.05) is 53.4 Å². The molecule has 0 saturated carbocycles. The first-order valence-corrected chi connectivity index (χ1v) is 19.8. The van der Waals surface area contributed by atoms with Gasteiger partial charge in [-0.05, 0) is 103 Å². The summed E-state index contributed by atoms with van der Waals surface area (Å²) < 4.78 is 7.92. The first kappa shape index (κ1) is 38.5. The van der Waals surface area contributed by atoms with Gasteiger partial charge in [-0.25, -0.2) is 0 Å². The van der Waals surface area contributed by atoms with Crippen molar-refractivity contribution in [3.05, 3.63) is 142 Å². The molecule has 5 aromatic rings. The molecule has 1 saturated heterocycles. The molecule has 10 nitrogen and oxygen atoms in total. The Bertz CT molecular complexity index is 2300. The van der Waals surface area contributed by atoms with Crippen LogP contribution < -0.4 is 4.90 Å². The summed E-state index contributed by atoms with van der Waals surface area (Å²) in [6, 6.07) is 30.5. The van der Waals surface area contributed by atoms with Gasteiger partial charge in [-0.1, -0.05) is 42.5 Å². The highest BCUT2D eigenvalue weighted by Gasteiger charge is 2.36. The lowest BCUT2D eigenvalue weighted by molar-refractivity contribution is 0.0193. The topological polar surface area (TPSA) is 98.6 Å². The first-order valence-electron chi connectivity index (χ1n) is 19.8. The summed E-state index contributed by atoms with van der Waals surface area (Å²) in [6.45, 7) is 5.89. The van der Waals surface area contributed by atoms with Gasteiger partial charge in [0.15, 0.2) is 0 Å². The van der Waals surface area contributed by atoms with E-state index >= 15 is 4.79 Å². The van der Waals surface area contributed by atoms with Crippen molar-refractivity contribution in [2.24, 2.45) is 0 Å². The Labute approximate surface area is 339 Å². The van der Waals surface area contributed by atoms with E-state index in [4.69, 9.17) is 4.74 Å². The van der Waals surface area contributed by atoms with Crippen molar-refractivity contribution in [3.63, 3.8) is 0 Å². The van der Waals surface area contributed by atoms with E-state index in [2.05, 4.69) is 38.6 Å². The molecule has 3 amide bonds. The fourth-order valence-electron chi connectivity index (χ4n) is 9.03. The first-order chi connectivity index (χ1) is 27.3. The van der Waals surface area contributed by atoms with Crippen LogP contribution in [-0.2, 0) is 43.8 Å². The highest BCUT2D eigenvalue weighted by atomic mass is 35.5. The maximum absolute atomic E-state index is 15.4. The molecule has 4 aliphatic rings. The maximum Gasteiger partial charge on any atom is 0.259 e. The van der Waals surface area contributed by atoms with Crippen LogP contribution in [0.1, 0.15) is 71.9 Å². The minimum atomic E-state index is -0.139. The van der Waals surface area contributed by atoms with Crippen molar-refractivity contribution in [2.45, 2.75) is 57.9 Å². The van der Waals surface area contributed by atoms with Crippen LogP contribution in [0.4, 0.5) is 5.69 Å². The second kappa shape index (κ2) is 16.2. The number of halogens is 1. The van der Waals surface area contributed by atoms with Crippen LogP contribution >= 0.6 is 12.4 Å². The van der Waals surface area contributed by atoms with Crippen LogP contribution in [0.3, 0.4) is 0 Å². The molecule has 0 spiro atoms. The molecule has 294 valence electrons. The lowest BCUT2D eigenvalue weighted by Crippen LogP contribution is -2.52. The summed E-state index contributed by atoms with van der Waals surface area (Å²) in [5, 5.41) is 9.90. The highest BCUT2D eigenvalue weighted by molar-refractivity contribution is 6.08. The van der Waals surface area contributed by atoms with Gasteiger partial charge in [0.2, 0.25) is 0 Å². The van der Waals surface area contributed by atoms with Crippen LogP contribution in [0.15, 0.2) is 97.1 Å². The van der Waals surface area contributed by atoms with E-state index in [1.165, 1.54) is 5.56 Å². The lowest BCUT2D eigenvalue weighted by atomic mass is 9.91. The molecule has 1 N–H and O–H groups in total. The van der Waals surface area contributed by atoms with Crippen LogP contribution in [0.5, 0.6) is 5.75 Å². The Morgan fingerprint density at radius 2 is 1.46 bits per heavy atom. The Balaban J connectivity index is 0.00000455. The summed E-state index contributed by atoms with van der Waals surface area (Å²) in [6.07, 6.45) is 3.45. The third-order valence-corrected chi connectivity index (χ3v) is 12.1. The molecule has 1 aromatic heterocycles. The Hall–Kier alpha value is -5.42. The number of hydrogen-bond acceptors (Lipinski definition) is 6. The number of morpholine rings is 1. The number of aromatic nitrogens is 1. The standard InChI is InChI=1S/C46H47N5O5.ClH/c1-47(36-14-16-38(52)17-15-36)45(54)41-26-43(50-18-8-7-13-42(41)50)39-24-34-27-49(44(53)31-9-3-2-4-10-31)28-35(34)25-40(39)46(55)51-29-33-12-6-5-11-32(33)23-37(51)30-48-19-21-56-22-20-48;/h2-6,9-12,14-17,24-26,37,52H,7-8,13,18-23,27-30H2,1H3;1H/t37-;/m0./s1. The van der Waals surface area contributed by atoms with Crippen molar-refractivity contribution in [2.75, 3.05) is 44.8 Å². The van der Waals surface area contributed by atoms with Gasteiger partial charge in [0.05, 0.1) is 18.8 Å². The van der Waals surface area contributed by atoms with Crippen molar-refractivity contribution in [1.82, 2.24) is 19.3 Å².